The van der Waals surface area contributed by atoms with Gasteiger partial charge in [0.25, 0.3) is 0 Å². The van der Waals surface area contributed by atoms with Crippen LogP contribution < -0.4 is 5.32 Å². The van der Waals surface area contributed by atoms with E-state index >= 15 is 8.78 Å². The number of aromatic nitrogens is 2. The van der Waals surface area contributed by atoms with Crippen LogP contribution in [0.4, 0.5) is 22.0 Å². The van der Waals surface area contributed by atoms with Crippen LogP contribution in [0.25, 0.3) is 16.9 Å². The number of ether oxygens (including phenoxy) is 1. The fourth-order valence-electron chi connectivity index (χ4n) is 4.31. The van der Waals surface area contributed by atoms with E-state index in [1.807, 2.05) is 19.1 Å². The molecule has 1 aliphatic rings. The van der Waals surface area contributed by atoms with Crippen LogP contribution in [-0.2, 0) is 11.2 Å². The highest BCUT2D eigenvalue weighted by Crippen LogP contribution is 2.33. The zero-order valence-electron chi connectivity index (χ0n) is 20.2. The number of pyridine rings is 1. The van der Waals surface area contributed by atoms with Crippen molar-refractivity contribution < 1.29 is 26.7 Å². The summed E-state index contributed by atoms with van der Waals surface area (Å²) in [7, 11) is 0. The fraction of sp³-hybridized carbons (Fsp3) is 0.385. The second-order valence-electron chi connectivity index (χ2n) is 8.64. The average molecular weight is 507 g/mol. The molecule has 192 valence electrons. The van der Waals surface area contributed by atoms with Gasteiger partial charge in [-0.25, -0.2) is 18.8 Å². The molecule has 4 rings (SSSR count). The molecule has 36 heavy (non-hydrogen) atoms. The lowest BCUT2D eigenvalue weighted by Gasteiger charge is -2.24. The maximum Gasteiger partial charge on any atom is 0.433 e. The largest absolute Gasteiger partial charge is 0.433 e. The standard InChI is InChI=1S/C26H27F5N4O/c1-4-20(33-22(5-2)26(29,30)31)16-11-18(27)24(19(28)12-16)25-21(13-17-14-32-7-9-36-17)35-8-6-15(3)10-23(35)34-25/h5-6,8,10-12,17,32H,4,7,9,13-14H2,1-3H3/b22-5-,33-20+. The summed E-state index contributed by atoms with van der Waals surface area (Å²) in [5, 5.41) is 3.24. The lowest BCUT2D eigenvalue weighted by atomic mass is 10.00. The Morgan fingerprint density at radius 2 is 1.97 bits per heavy atom. The van der Waals surface area contributed by atoms with Gasteiger partial charge in [-0.3, -0.25) is 0 Å². The van der Waals surface area contributed by atoms with Crippen LogP contribution in [0.5, 0.6) is 0 Å². The number of imidazole rings is 1. The van der Waals surface area contributed by atoms with Crippen molar-refractivity contribution in [3.8, 4) is 11.3 Å². The molecule has 0 aliphatic carbocycles. The number of morpholine rings is 1. The molecule has 1 saturated heterocycles. The van der Waals surface area contributed by atoms with Gasteiger partial charge in [0, 0.05) is 37.0 Å². The normalized spacial score (nSPS) is 17.7. The van der Waals surface area contributed by atoms with Gasteiger partial charge in [-0.1, -0.05) is 13.0 Å². The Morgan fingerprint density at radius 1 is 1.25 bits per heavy atom. The third-order valence-corrected chi connectivity index (χ3v) is 6.07. The van der Waals surface area contributed by atoms with E-state index in [1.165, 1.54) is 6.92 Å². The van der Waals surface area contributed by atoms with Gasteiger partial charge < -0.3 is 14.5 Å². The van der Waals surface area contributed by atoms with E-state index in [-0.39, 0.29) is 35.1 Å². The summed E-state index contributed by atoms with van der Waals surface area (Å²) in [6.45, 7) is 6.52. The van der Waals surface area contributed by atoms with Crippen LogP contribution in [0, 0.1) is 18.6 Å². The molecule has 0 amide bonds. The number of allylic oxidation sites excluding steroid dienone is 2. The molecule has 10 heteroatoms. The number of rotatable bonds is 6. The minimum absolute atomic E-state index is 0.0521. The van der Waals surface area contributed by atoms with Crippen molar-refractivity contribution in [2.24, 2.45) is 4.99 Å². The molecule has 5 nitrogen and oxygen atoms in total. The highest BCUT2D eigenvalue weighted by Gasteiger charge is 2.33. The van der Waals surface area contributed by atoms with Gasteiger partial charge in [-0.05, 0) is 50.1 Å². The number of alkyl halides is 3. The van der Waals surface area contributed by atoms with Crippen LogP contribution in [0.15, 0.2) is 47.2 Å². The monoisotopic (exact) mass is 506 g/mol. The maximum atomic E-state index is 15.5. The second kappa shape index (κ2) is 10.5. The van der Waals surface area contributed by atoms with Crippen LogP contribution in [0.3, 0.4) is 0 Å². The number of nitrogens with one attached hydrogen (secondary N) is 1. The number of nitrogens with zero attached hydrogens (tertiary/aromatic N) is 3. The number of aliphatic imine (C=N–C) groups is 1. The van der Waals surface area contributed by atoms with Gasteiger partial charge in [0.05, 0.1) is 29.7 Å². The molecule has 0 spiro atoms. The van der Waals surface area contributed by atoms with E-state index in [0.717, 1.165) is 30.3 Å². The summed E-state index contributed by atoms with van der Waals surface area (Å²) in [6.07, 6.45) is -1.84. The van der Waals surface area contributed by atoms with E-state index in [9.17, 15) is 13.2 Å². The van der Waals surface area contributed by atoms with Crippen LogP contribution >= 0.6 is 0 Å². The number of fused-ring (bicyclic) bond motifs is 1. The molecule has 1 fully saturated rings. The zero-order chi connectivity index (χ0) is 26.0. The molecular formula is C26H27F5N4O. The van der Waals surface area contributed by atoms with Crippen molar-refractivity contribution in [1.82, 2.24) is 14.7 Å². The minimum atomic E-state index is -4.67. The predicted molar refractivity (Wildman–Crippen MR) is 128 cm³/mol. The first-order valence-electron chi connectivity index (χ1n) is 11.7. The van der Waals surface area contributed by atoms with E-state index in [0.29, 0.717) is 30.9 Å². The van der Waals surface area contributed by atoms with E-state index in [4.69, 9.17) is 4.74 Å². The summed E-state index contributed by atoms with van der Waals surface area (Å²) < 4.78 is 78.2. The quantitative estimate of drug-likeness (QED) is 0.341. The SMILES string of the molecule is C/C=C(\N=C(/CC)c1cc(F)c(-c2nc3cc(C)ccn3c2CC2CNCCO2)c(F)c1)C(F)(F)F. The molecular weight excluding hydrogens is 479 g/mol. The summed E-state index contributed by atoms with van der Waals surface area (Å²) in [6, 6.07) is 5.72. The highest BCUT2D eigenvalue weighted by molar-refractivity contribution is 6.01. The molecule has 2 aromatic heterocycles. The Kier molecular flexibility index (Phi) is 7.56. The molecule has 1 atom stereocenters. The Morgan fingerprint density at radius 3 is 2.56 bits per heavy atom. The third-order valence-electron chi connectivity index (χ3n) is 6.07. The maximum absolute atomic E-state index is 15.5. The van der Waals surface area contributed by atoms with Gasteiger partial charge in [0.1, 0.15) is 23.0 Å². The molecule has 1 aliphatic heterocycles. The topological polar surface area (TPSA) is 50.9 Å². The van der Waals surface area contributed by atoms with Crippen molar-refractivity contribution in [2.75, 3.05) is 19.7 Å². The van der Waals surface area contributed by atoms with Gasteiger partial charge in [-0.2, -0.15) is 13.2 Å². The number of hydrogen-bond donors (Lipinski definition) is 1. The van der Waals surface area contributed by atoms with Gasteiger partial charge >= 0.3 is 6.18 Å². The minimum Gasteiger partial charge on any atom is -0.375 e. The summed E-state index contributed by atoms with van der Waals surface area (Å²) in [5.41, 5.74) is 0.603. The van der Waals surface area contributed by atoms with Crippen molar-refractivity contribution in [3.63, 3.8) is 0 Å². The number of hydrogen-bond acceptors (Lipinski definition) is 4. The van der Waals surface area contributed by atoms with Gasteiger partial charge in [-0.15, -0.1) is 0 Å². The van der Waals surface area contributed by atoms with E-state index < -0.39 is 23.5 Å². The predicted octanol–water partition coefficient (Wildman–Crippen LogP) is 5.78. The molecule has 0 bridgehead atoms. The number of benzene rings is 1. The smallest absolute Gasteiger partial charge is 0.375 e. The average Bonchev–Trinajstić information content (AvgIpc) is 3.15. The Labute approximate surface area is 205 Å². The lowest BCUT2D eigenvalue weighted by Crippen LogP contribution is -2.39. The van der Waals surface area contributed by atoms with Crippen molar-refractivity contribution in [2.45, 2.75) is 45.9 Å². The van der Waals surface area contributed by atoms with Crippen molar-refractivity contribution in [1.29, 1.82) is 0 Å². The highest BCUT2D eigenvalue weighted by atomic mass is 19.4. The molecule has 1 N–H and O–H groups in total. The molecule has 3 aromatic rings. The molecule has 1 aromatic carbocycles. The van der Waals surface area contributed by atoms with Crippen LogP contribution in [0.2, 0.25) is 0 Å². The van der Waals surface area contributed by atoms with Crippen molar-refractivity contribution >= 4 is 11.4 Å². The first-order chi connectivity index (χ1) is 17.1. The molecule has 1 unspecified atom stereocenters. The van der Waals surface area contributed by atoms with E-state index in [1.54, 1.807) is 17.5 Å². The van der Waals surface area contributed by atoms with Crippen LogP contribution in [0.1, 0.15) is 37.1 Å². The van der Waals surface area contributed by atoms with Gasteiger partial charge in [0.2, 0.25) is 0 Å². The summed E-state index contributed by atoms with van der Waals surface area (Å²) in [4.78, 5) is 8.19. The number of aryl methyl sites for hydroxylation is 1. The lowest BCUT2D eigenvalue weighted by molar-refractivity contribution is -0.0924. The first-order valence-corrected chi connectivity index (χ1v) is 11.7. The Hall–Kier alpha value is -3.11. The fourth-order valence-corrected chi connectivity index (χ4v) is 4.31. The van der Waals surface area contributed by atoms with Crippen molar-refractivity contribution in [3.05, 3.63) is 70.7 Å². The Bertz CT molecular complexity index is 1300. The summed E-state index contributed by atoms with van der Waals surface area (Å²) in [5.74, 6) is -1.85. The van der Waals surface area contributed by atoms with Gasteiger partial charge in [0.15, 0.2) is 0 Å². The van der Waals surface area contributed by atoms with Crippen LogP contribution in [-0.4, -0.2) is 47.1 Å². The zero-order valence-corrected chi connectivity index (χ0v) is 20.2. The molecule has 0 radical (unpaired) electrons. The summed E-state index contributed by atoms with van der Waals surface area (Å²) >= 11 is 0. The first kappa shape index (κ1) is 26.0. The second-order valence-corrected chi connectivity index (χ2v) is 8.64. The van der Waals surface area contributed by atoms with E-state index in [2.05, 4.69) is 15.3 Å². The third kappa shape index (κ3) is 5.34. The Balaban J connectivity index is 1.82. The number of halogens is 5. The molecule has 0 saturated carbocycles. The molecule has 3 heterocycles.